The Balaban J connectivity index is 2.07. The summed E-state index contributed by atoms with van der Waals surface area (Å²) < 4.78 is 4.58. The number of aliphatic carboxylic acids is 1. The summed E-state index contributed by atoms with van der Waals surface area (Å²) in [6.45, 7) is 0.279. The van der Waals surface area contributed by atoms with Crippen LogP contribution in [0.4, 0.5) is 5.82 Å². The molecule has 7 heteroatoms. The van der Waals surface area contributed by atoms with Crippen LogP contribution in [0.15, 0.2) is 12.4 Å². The highest BCUT2D eigenvalue weighted by atomic mass is 16.5. The lowest BCUT2D eigenvalue weighted by molar-refractivity contribution is -0.150. The van der Waals surface area contributed by atoms with Gasteiger partial charge < -0.3 is 15.2 Å². The molecule has 0 spiro atoms. The highest BCUT2D eigenvalue weighted by Crippen LogP contribution is 2.36. The molecule has 0 bridgehead atoms. The molecule has 0 atom stereocenters. The number of anilines is 1. The fourth-order valence-corrected chi connectivity index (χ4v) is 2.61. The van der Waals surface area contributed by atoms with Crippen molar-refractivity contribution in [2.45, 2.75) is 32.1 Å². The standard InChI is InChI=1S/C14H19N3O4/c1-21-12(18)10-7-15-8-11(17-10)16-9-14(13(19)20)5-3-2-4-6-14/h7-8H,2-6,9H2,1H3,(H,16,17)(H,19,20). The number of hydrogen-bond acceptors (Lipinski definition) is 6. The maximum absolute atomic E-state index is 11.6. The maximum Gasteiger partial charge on any atom is 0.358 e. The zero-order valence-corrected chi connectivity index (χ0v) is 12.0. The van der Waals surface area contributed by atoms with E-state index in [2.05, 4.69) is 20.0 Å². The lowest BCUT2D eigenvalue weighted by Gasteiger charge is -2.33. The van der Waals surface area contributed by atoms with Crippen LogP contribution in [0.3, 0.4) is 0 Å². The predicted molar refractivity (Wildman–Crippen MR) is 75.0 cm³/mol. The minimum atomic E-state index is -0.785. The van der Waals surface area contributed by atoms with Gasteiger partial charge in [-0.1, -0.05) is 19.3 Å². The summed E-state index contributed by atoms with van der Waals surface area (Å²) in [7, 11) is 1.27. The maximum atomic E-state index is 11.6. The number of methoxy groups -OCH3 is 1. The van der Waals surface area contributed by atoms with Crippen molar-refractivity contribution in [3.63, 3.8) is 0 Å². The second-order valence-electron chi connectivity index (χ2n) is 5.28. The molecule has 1 aromatic heterocycles. The van der Waals surface area contributed by atoms with E-state index < -0.39 is 17.4 Å². The van der Waals surface area contributed by atoms with Crippen LogP contribution in [-0.4, -0.2) is 40.7 Å². The zero-order chi connectivity index (χ0) is 15.3. The third kappa shape index (κ3) is 3.48. The average Bonchev–Trinajstić information content (AvgIpc) is 2.53. The molecule has 0 saturated heterocycles. The van der Waals surface area contributed by atoms with Crippen LogP contribution in [0.5, 0.6) is 0 Å². The molecule has 2 N–H and O–H groups in total. The molecule has 1 fully saturated rings. The van der Waals surface area contributed by atoms with Crippen LogP contribution >= 0.6 is 0 Å². The topological polar surface area (TPSA) is 101 Å². The fraction of sp³-hybridized carbons (Fsp3) is 0.571. The molecule has 1 aliphatic rings. The van der Waals surface area contributed by atoms with Crippen LogP contribution in [0, 0.1) is 5.41 Å². The van der Waals surface area contributed by atoms with Crippen molar-refractivity contribution in [3.05, 3.63) is 18.1 Å². The van der Waals surface area contributed by atoms with Gasteiger partial charge in [-0.2, -0.15) is 0 Å². The van der Waals surface area contributed by atoms with Gasteiger partial charge >= 0.3 is 11.9 Å². The normalized spacial score (nSPS) is 17.0. The number of nitrogens with zero attached hydrogens (tertiary/aromatic N) is 2. The molecule has 0 radical (unpaired) electrons. The summed E-state index contributed by atoms with van der Waals surface area (Å²) in [5, 5.41) is 12.5. The molecule has 0 amide bonds. The molecule has 2 rings (SSSR count). The first-order valence-electron chi connectivity index (χ1n) is 6.95. The van der Waals surface area contributed by atoms with Crippen molar-refractivity contribution in [2.75, 3.05) is 19.0 Å². The number of carboxylic acid groups (broad SMARTS) is 1. The number of esters is 1. The van der Waals surface area contributed by atoms with Gasteiger partial charge in [-0.25, -0.2) is 9.78 Å². The first-order chi connectivity index (χ1) is 10.1. The predicted octanol–water partition coefficient (Wildman–Crippen LogP) is 1.71. The van der Waals surface area contributed by atoms with Gasteiger partial charge in [0.1, 0.15) is 5.82 Å². The Morgan fingerprint density at radius 2 is 2.05 bits per heavy atom. The van der Waals surface area contributed by atoms with E-state index in [1.165, 1.54) is 19.5 Å². The minimum absolute atomic E-state index is 0.0931. The number of ether oxygens (including phenoxy) is 1. The van der Waals surface area contributed by atoms with E-state index in [-0.39, 0.29) is 12.2 Å². The molecular formula is C14H19N3O4. The minimum Gasteiger partial charge on any atom is -0.481 e. The molecule has 0 aromatic carbocycles. The van der Waals surface area contributed by atoms with Gasteiger partial charge in [-0.15, -0.1) is 0 Å². The SMILES string of the molecule is COC(=O)c1cncc(NCC2(C(=O)O)CCCCC2)n1. The van der Waals surface area contributed by atoms with Crippen molar-refractivity contribution < 1.29 is 19.4 Å². The number of aromatic nitrogens is 2. The lowest BCUT2D eigenvalue weighted by Crippen LogP contribution is -2.39. The number of nitrogens with one attached hydrogen (secondary N) is 1. The number of rotatable bonds is 5. The summed E-state index contributed by atoms with van der Waals surface area (Å²) in [6, 6.07) is 0. The number of carbonyl (C=O) groups excluding carboxylic acids is 1. The van der Waals surface area contributed by atoms with Gasteiger partial charge in [0.25, 0.3) is 0 Å². The molecule has 21 heavy (non-hydrogen) atoms. The van der Waals surface area contributed by atoms with Crippen LogP contribution in [0.1, 0.15) is 42.6 Å². The number of carboxylic acids is 1. The van der Waals surface area contributed by atoms with E-state index in [1.807, 2.05) is 0 Å². The molecule has 0 aliphatic heterocycles. The third-order valence-electron chi connectivity index (χ3n) is 3.90. The Bertz CT molecular complexity index is 527. The van der Waals surface area contributed by atoms with E-state index in [1.54, 1.807) is 0 Å². The van der Waals surface area contributed by atoms with Crippen molar-refractivity contribution in [3.8, 4) is 0 Å². The largest absolute Gasteiger partial charge is 0.481 e. The molecular weight excluding hydrogens is 274 g/mol. The molecule has 7 nitrogen and oxygen atoms in total. The van der Waals surface area contributed by atoms with Crippen LogP contribution < -0.4 is 5.32 Å². The summed E-state index contributed by atoms with van der Waals surface area (Å²) in [5.41, 5.74) is -0.670. The molecule has 1 heterocycles. The second kappa shape index (κ2) is 6.51. The molecule has 1 aromatic rings. The first-order valence-corrected chi connectivity index (χ1v) is 6.95. The Morgan fingerprint density at radius 3 is 2.67 bits per heavy atom. The van der Waals surface area contributed by atoms with Crippen LogP contribution in [0.2, 0.25) is 0 Å². The summed E-state index contributed by atoms with van der Waals surface area (Å²) in [6.07, 6.45) is 6.99. The second-order valence-corrected chi connectivity index (χ2v) is 5.28. The Labute approximate surface area is 122 Å². The summed E-state index contributed by atoms with van der Waals surface area (Å²) in [5.74, 6) is -0.979. The van der Waals surface area contributed by atoms with E-state index in [9.17, 15) is 14.7 Å². The highest BCUT2D eigenvalue weighted by Gasteiger charge is 2.39. The summed E-state index contributed by atoms with van der Waals surface area (Å²) >= 11 is 0. The van der Waals surface area contributed by atoms with Crippen LogP contribution in [-0.2, 0) is 9.53 Å². The van der Waals surface area contributed by atoms with Gasteiger partial charge in [0.05, 0.1) is 24.9 Å². The van der Waals surface area contributed by atoms with Gasteiger partial charge in [0.2, 0.25) is 0 Å². The Kier molecular flexibility index (Phi) is 4.72. The van der Waals surface area contributed by atoms with Crippen molar-refractivity contribution in [1.82, 2.24) is 9.97 Å². The van der Waals surface area contributed by atoms with Gasteiger partial charge in [-0.05, 0) is 12.8 Å². The van der Waals surface area contributed by atoms with E-state index >= 15 is 0 Å². The average molecular weight is 293 g/mol. The van der Waals surface area contributed by atoms with E-state index in [4.69, 9.17) is 0 Å². The van der Waals surface area contributed by atoms with Gasteiger partial charge in [0, 0.05) is 6.54 Å². The van der Waals surface area contributed by atoms with Crippen molar-refractivity contribution >= 4 is 17.8 Å². The number of carbonyl (C=O) groups is 2. The molecule has 0 unspecified atom stereocenters. The smallest absolute Gasteiger partial charge is 0.358 e. The summed E-state index contributed by atoms with van der Waals surface area (Å²) in [4.78, 5) is 31.0. The Morgan fingerprint density at radius 1 is 1.33 bits per heavy atom. The molecule has 114 valence electrons. The van der Waals surface area contributed by atoms with E-state index in [0.717, 1.165) is 19.3 Å². The van der Waals surface area contributed by atoms with Crippen molar-refractivity contribution in [1.29, 1.82) is 0 Å². The van der Waals surface area contributed by atoms with Gasteiger partial charge in [0.15, 0.2) is 5.69 Å². The monoisotopic (exact) mass is 293 g/mol. The zero-order valence-electron chi connectivity index (χ0n) is 12.0. The molecule has 1 saturated carbocycles. The van der Waals surface area contributed by atoms with Crippen molar-refractivity contribution in [2.24, 2.45) is 5.41 Å². The number of hydrogen-bond donors (Lipinski definition) is 2. The third-order valence-corrected chi connectivity index (χ3v) is 3.90. The van der Waals surface area contributed by atoms with E-state index in [0.29, 0.717) is 18.7 Å². The quantitative estimate of drug-likeness (QED) is 0.797. The first kappa shape index (κ1) is 15.2. The lowest BCUT2D eigenvalue weighted by atomic mass is 9.74. The van der Waals surface area contributed by atoms with Crippen LogP contribution in [0.25, 0.3) is 0 Å². The fourth-order valence-electron chi connectivity index (χ4n) is 2.61. The Hall–Kier alpha value is -2.18. The van der Waals surface area contributed by atoms with Gasteiger partial charge in [-0.3, -0.25) is 9.78 Å². The highest BCUT2D eigenvalue weighted by molar-refractivity contribution is 5.87. The molecule has 1 aliphatic carbocycles.